The third-order valence-electron chi connectivity index (χ3n) is 7.21. The molecule has 124 valence electrons. The van der Waals surface area contributed by atoms with Gasteiger partial charge in [0, 0.05) is 18.9 Å². The average molecular weight is 306 g/mol. The second-order valence-electron chi connectivity index (χ2n) is 8.65. The number of carbonyl (C=O) groups is 1. The fourth-order valence-corrected chi connectivity index (χ4v) is 5.87. The van der Waals surface area contributed by atoms with Gasteiger partial charge >= 0.3 is 0 Å². The van der Waals surface area contributed by atoms with Gasteiger partial charge in [-0.3, -0.25) is 4.79 Å². The molecule has 0 radical (unpaired) electrons. The van der Waals surface area contributed by atoms with Gasteiger partial charge in [0.1, 0.15) is 12.6 Å². The van der Waals surface area contributed by atoms with Crippen LogP contribution in [0, 0.1) is 28.1 Å². The molecule has 0 aromatic carbocycles. The second kappa shape index (κ2) is 5.17. The fourth-order valence-electron chi connectivity index (χ4n) is 5.87. The molecule has 22 heavy (non-hydrogen) atoms. The number of allylic oxidation sites excluding steroid dienone is 2. The largest absolute Gasteiger partial charge is 0.359 e. The van der Waals surface area contributed by atoms with Crippen LogP contribution in [-0.4, -0.2) is 25.8 Å². The number of Topliss-reactive ketones (excluding diaryl/α,β-unsaturated/α-hetero) is 1. The van der Waals surface area contributed by atoms with E-state index in [9.17, 15) is 4.79 Å². The van der Waals surface area contributed by atoms with E-state index in [1.165, 1.54) is 0 Å². The standard InChI is InChI=1S/C19H30O3/c1-17(2)14-10-15(20)18(3)9-7-6-8-13(18)19(14,4)11-16(17)22-12-21-5/h6-7,13-14,16H,8-12H2,1-5H3/t13-,14-,16+,18-,19+/m0/s1. The summed E-state index contributed by atoms with van der Waals surface area (Å²) in [6, 6.07) is 0. The van der Waals surface area contributed by atoms with Gasteiger partial charge in [0.2, 0.25) is 0 Å². The van der Waals surface area contributed by atoms with Crippen molar-refractivity contribution in [3.63, 3.8) is 0 Å². The van der Waals surface area contributed by atoms with Gasteiger partial charge < -0.3 is 9.47 Å². The van der Waals surface area contributed by atoms with Crippen LogP contribution in [0.2, 0.25) is 0 Å². The van der Waals surface area contributed by atoms with Crippen LogP contribution < -0.4 is 0 Å². The quantitative estimate of drug-likeness (QED) is 0.584. The highest BCUT2D eigenvalue weighted by molar-refractivity contribution is 5.87. The Balaban J connectivity index is 1.98. The van der Waals surface area contributed by atoms with E-state index < -0.39 is 0 Å². The summed E-state index contributed by atoms with van der Waals surface area (Å²) < 4.78 is 11.2. The van der Waals surface area contributed by atoms with Crippen LogP contribution in [0.1, 0.15) is 53.4 Å². The molecule has 0 spiro atoms. The first-order valence-electron chi connectivity index (χ1n) is 8.55. The molecule has 2 saturated carbocycles. The molecule has 2 fully saturated rings. The monoisotopic (exact) mass is 306 g/mol. The predicted octanol–water partition coefficient (Wildman–Crippen LogP) is 3.97. The molecule has 0 N–H and O–H groups in total. The summed E-state index contributed by atoms with van der Waals surface area (Å²) in [6.07, 6.45) is 8.34. The number of carbonyl (C=O) groups excluding carboxylic acids is 1. The lowest BCUT2D eigenvalue weighted by molar-refractivity contribution is -0.149. The molecule has 3 heteroatoms. The zero-order valence-electron chi connectivity index (χ0n) is 14.6. The van der Waals surface area contributed by atoms with Gasteiger partial charge in [0.05, 0.1) is 6.10 Å². The summed E-state index contributed by atoms with van der Waals surface area (Å²) in [7, 11) is 1.67. The maximum Gasteiger partial charge on any atom is 0.146 e. The van der Waals surface area contributed by atoms with Crippen LogP contribution in [0.3, 0.4) is 0 Å². The van der Waals surface area contributed by atoms with Crippen molar-refractivity contribution in [1.29, 1.82) is 0 Å². The van der Waals surface area contributed by atoms with E-state index in [-0.39, 0.29) is 22.3 Å². The Morgan fingerprint density at radius 1 is 1.18 bits per heavy atom. The smallest absolute Gasteiger partial charge is 0.146 e. The van der Waals surface area contributed by atoms with Crippen molar-refractivity contribution in [2.24, 2.45) is 28.1 Å². The van der Waals surface area contributed by atoms with E-state index >= 15 is 0 Å². The van der Waals surface area contributed by atoms with Gasteiger partial charge in [-0.05, 0) is 41.9 Å². The summed E-state index contributed by atoms with van der Waals surface area (Å²) in [5, 5.41) is 0. The molecule has 3 nitrogen and oxygen atoms in total. The molecule has 3 aliphatic carbocycles. The Hall–Kier alpha value is -0.670. The molecule has 0 bridgehead atoms. The van der Waals surface area contributed by atoms with E-state index in [1.54, 1.807) is 7.11 Å². The van der Waals surface area contributed by atoms with Crippen molar-refractivity contribution in [3.05, 3.63) is 12.2 Å². The SMILES string of the molecule is COCO[C@@H]1C[C@]2(C)[C@H]3CC=CC[C@]3(C)C(=O)C[C@H]2C1(C)C. The molecule has 0 heterocycles. The van der Waals surface area contributed by atoms with Gasteiger partial charge in [-0.15, -0.1) is 0 Å². The zero-order chi connectivity index (χ0) is 16.2. The van der Waals surface area contributed by atoms with E-state index in [2.05, 4.69) is 39.8 Å². The number of rotatable bonds is 3. The first-order chi connectivity index (χ1) is 10.3. The molecule has 5 atom stereocenters. The van der Waals surface area contributed by atoms with E-state index in [1.807, 2.05) is 0 Å². The molecule has 0 saturated heterocycles. The zero-order valence-corrected chi connectivity index (χ0v) is 14.6. The Kier molecular flexibility index (Phi) is 3.81. The highest BCUT2D eigenvalue weighted by Gasteiger charge is 2.66. The third-order valence-corrected chi connectivity index (χ3v) is 7.21. The number of ether oxygens (including phenoxy) is 2. The van der Waals surface area contributed by atoms with Gasteiger partial charge in [-0.25, -0.2) is 0 Å². The number of methoxy groups -OCH3 is 1. The van der Waals surface area contributed by atoms with Crippen LogP contribution >= 0.6 is 0 Å². The fraction of sp³-hybridized carbons (Fsp3) is 0.842. The van der Waals surface area contributed by atoms with Crippen molar-refractivity contribution in [1.82, 2.24) is 0 Å². The highest BCUT2D eigenvalue weighted by Crippen LogP contribution is 2.67. The normalized spacial score (nSPS) is 46.4. The van der Waals surface area contributed by atoms with Crippen molar-refractivity contribution in [2.45, 2.75) is 59.5 Å². The van der Waals surface area contributed by atoms with E-state index in [0.717, 1.165) is 19.3 Å². The van der Waals surface area contributed by atoms with Crippen LogP contribution in [0.4, 0.5) is 0 Å². The van der Waals surface area contributed by atoms with Gasteiger partial charge in [0.15, 0.2) is 0 Å². The highest BCUT2D eigenvalue weighted by atomic mass is 16.7. The van der Waals surface area contributed by atoms with E-state index in [0.29, 0.717) is 30.8 Å². The molecule has 0 amide bonds. The number of hydrogen-bond donors (Lipinski definition) is 0. The van der Waals surface area contributed by atoms with E-state index in [4.69, 9.17) is 9.47 Å². The number of fused-ring (bicyclic) bond motifs is 3. The van der Waals surface area contributed by atoms with Gasteiger partial charge in [0.25, 0.3) is 0 Å². The third kappa shape index (κ3) is 2.05. The van der Waals surface area contributed by atoms with Gasteiger partial charge in [-0.1, -0.05) is 39.8 Å². The minimum Gasteiger partial charge on any atom is -0.359 e. The second-order valence-corrected chi connectivity index (χ2v) is 8.65. The maximum atomic E-state index is 12.9. The molecule has 0 aliphatic heterocycles. The average Bonchev–Trinajstić information content (AvgIpc) is 2.66. The Morgan fingerprint density at radius 3 is 2.59 bits per heavy atom. The van der Waals surface area contributed by atoms with Crippen molar-refractivity contribution < 1.29 is 14.3 Å². The maximum absolute atomic E-state index is 12.9. The lowest BCUT2D eigenvalue weighted by Gasteiger charge is -2.55. The predicted molar refractivity (Wildman–Crippen MR) is 86.3 cm³/mol. The number of hydrogen-bond acceptors (Lipinski definition) is 3. The lowest BCUT2D eigenvalue weighted by Crippen LogP contribution is -2.54. The minimum atomic E-state index is -0.174. The Labute approximate surface area is 134 Å². The molecular weight excluding hydrogens is 276 g/mol. The lowest BCUT2D eigenvalue weighted by atomic mass is 9.47. The van der Waals surface area contributed by atoms with Crippen molar-refractivity contribution in [3.8, 4) is 0 Å². The van der Waals surface area contributed by atoms with Crippen LogP contribution in [0.15, 0.2) is 12.2 Å². The van der Waals surface area contributed by atoms with Crippen LogP contribution in [0.25, 0.3) is 0 Å². The Morgan fingerprint density at radius 2 is 1.91 bits per heavy atom. The number of ketones is 1. The topological polar surface area (TPSA) is 35.5 Å². The minimum absolute atomic E-state index is 0.0193. The van der Waals surface area contributed by atoms with Crippen molar-refractivity contribution >= 4 is 5.78 Å². The van der Waals surface area contributed by atoms with Gasteiger partial charge in [-0.2, -0.15) is 0 Å². The Bertz CT molecular complexity index is 495. The molecule has 3 rings (SSSR count). The molecule has 0 aromatic rings. The summed E-state index contributed by atoms with van der Waals surface area (Å²) in [5.41, 5.74) is 0.0208. The summed E-state index contributed by atoms with van der Waals surface area (Å²) in [4.78, 5) is 12.9. The first kappa shape index (κ1) is 16.2. The summed E-state index contributed by atoms with van der Waals surface area (Å²) in [5.74, 6) is 1.30. The molecular formula is C19H30O3. The summed E-state index contributed by atoms with van der Waals surface area (Å²) in [6.45, 7) is 9.49. The van der Waals surface area contributed by atoms with Crippen LogP contribution in [-0.2, 0) is 14.3 Å². The van der Waals surface area contributed by atoms with Crippen LogP contribution in [0.5, 0.6) is 0 Å². The molecule has 0 unspecified atom stereocenters. The van der Waals surface area contributed by atoms with Crippen molar-refractivity contribution in [2.75, 3.05) is 13.9 Å². The molecule has 0 aromatic heterocycles. The summed E-state index contributed by atoms with van der Waals surface area (Å²) >= 11 is 0. The molecule has 3 aliphatic rings. The first-order valence-corrected chi connectivity index (χ1v) is 8.55.